The zero-order valence-corrected chi connectivity index (χ0v) is 13.6. The Labute approximate surface area is 129 Å². The Balaban J connectivity index is 2.08. The molecule has 1 unspecified atom stereocenters. The first-order valence-electron chi connectivity index (χ1n) is 8.60. The lowest BCUT2D eigenvalue weighted by atomic mass is 9.75. The van der Waals surface area contributed by atoms with Gasteiger partial charge in [-0.3, -0.25) is 0 Å². The average molecular weight is 286 g/mol. The highest BCUT2D eigenvalue weighted by Crippen LogP contribution is 2.50. The molecule has 1 heterocycles. The maximum Gasteiger partial charge on any atom is 0.0261 e. The van der Waals surface area contributed by atoms with Crippen LogP contribution in [0.5, 0.6) is 0 Å². The van der Waals surface area contributed by atoms with Crippen LogP contribution in [0.25, 0.3) is 0 Å². The van der Waals surface area contributed by atoms with Gasteiger partial charge < -0.3 is 10.3 Å². The minimum absolute atomic E-state index is 0.0178. The van der Waals surface area contributed by atoms with Crippen LogP contribution < -0.4 is 0 Å². The van der Waals surface area contributed by atoms with Gasteiger partial charge in [0.15, 0.2) is 0 Å². The molecule has 0 aromatic heterocycles. The Bertz CT molecular complexity index is 490. The Morgan fingerprint density at radius 3 is 2.33 bits per heavy atom. The Morgan fingerprint density at radius 1 is 1.10 bits per heavy atom. The Kier molecular flexibility index (Phi) is 4.11. The van der Waals surface area contributed by atoms with Crippen LogP contribution in [0.2, 0.25) is 0 Å². The molecule has 1 aliphatic heterocycles. The van der Waals surface area contributed by atoms with E-state index in [1.165, 1.54) is 35.5 Å². The smallest absolute Gasteiger partial charge is 0.0261 e. The largest absolute Gasteiger partial charge is 0.784 e. The summed E-state index contributed by atoms with van der Waals surface area (Å²) in [5.41, 5.74) is 2.56. The van der Waals surface area contributed by atoms with Crippen LogP contribution in [0.15, 0.2) is 24.3 Å². The summed E-state index contributed by atoms with van der Waals surface area (Å²) in [4.78, 5) is 0. The molecule has 21 heavy (non-hydrogen) atoms. The lowest BCUT2D eigenvalue weighted by molar-refractivity contribution is 0.0340. The fourth-order valence-electron chi connectivity index (χ4n) is 4.68. The van der Waals surface area contributed by atoms with Gasteiger partial charge in [0.2, 0.25) is 0 Å². The SMILES string of the molecule is CC(C)C1c2ccccc2[C@@H](C)CC2(CCCCC2)N1[O-]. The number of benzene rings is 1. The molecule has 3 rings (SSSR count). The molecule has 1 aliphatic carbocycles. The number of hydroxylamine groups is 2. The minimum atomic E-state index is -0.119. The van der Waals surface area contributed by atoms with E-state index in [4.69, 9.17) is 0 Å². The molecule has 0 saturated heterocycles. The van der Waals surface area contributed by atoms with E-state index in [9.17, 15) is 5.21 Å². The van der Waals surface area contributed by atoms with Crippen molar-refractivity contribution in [2.45, 2.75) is 76.8 Å². The highest BCUT2D eigenvalue weighted by molar-refractivity contribution is 5.36. The van der Waals surface area contributed by atoms with Crippen LogP contribution in [0.4, 0.5) is 0 Å². The molecular formula is C19H28NO-. The van der Waals surface area contributed by atoms with Crippen molar-refractivity contribution in [1.82, 2.24) is 5.06 Å². The maximum absolute atomic E-state index is 13.4. The van der Waals surface area contributed by atoms with Gasteiger partial charge in [-0.2, -0.15) is 0 Å². The van der Waals surface area contributed by atoms with Gasteiger partial charge >= 0.3 is 0 Å². The molecule has 0 amide bonds. The second-order valence-electron chi connectivity index (χ2n) is 7.53. The van der Waals surface area contributed by atoms with E-state index in [0.717, 1.165) is 19.3 Å². The molecule has 1 saturated carbocycles. The van der Waals surface area contributed by atoms with Crippen LogP contribution >= 0.6 is 0 Å². The summed E-state index contributed by atoms with van der Waals surface area (Å²) in [6.07, 6.45) is 6.91. The van der Waals surface area contributed by atoms with Gasteiger partial charge in [0.1, 0.15) is 0 Å². The first-order valence-corrected chi connectivity index (χ1v) is 8.60. The van der Waals surface area contributed by atoms with E-state index < -0.39 is 0 Å². The molecule has 0 N–H and O–H groups in total. The molecule has 2 atom stereocenters. The van der Waals surface area contributed by atoms with E-state index in [-0.39, 0.29) is 11.6 Å². The normalized spacial score (nSPS) is 29.4. The van der Waals surface area contributed by atoms with Crippen molar-refractivity contribution >= 4 is 0 Å². The van der Waals surface area contributed by atoms with Gasteiger partial charge in [0, 0.05) is 11.6 Å². The molecule has 1 aromatic rings. The van der Waals surface area contributed by atoms with Crippen molar-refractivity contribution in [3.8, 4) is 0 Å². The van der Waals surface area contributed by atoms with Crippen LogP contribution in [0.1, 0.15) is 82.4 Å². The molecule has 2 nitrogen and oxygen atoms in total. The third kappa shape index (κ3) is 2.53. The molecule has 1 spiro atoms. The molecule has 0 bridgehead atoms. The lowest BCUT2D eigenvalue weighted by Crippen LogP contribution is -2.49. The summed E-state index contributed by atoms with van der Waals surface area (Å²) in [6, 6.07) is 8.66. The van der Waals surface area contributed by atoms with Gasteiger partial charge in [-0.05, 0) is 42.2 Å². The van der Waals surface area contributed by atoms with Crippen molar-refractivity contribution in [1.29, 1.82) is 0 Å². The van der Waals surface area contributed by atoms with Gasteiger partial charge in [0.25, 0.3) is 0 Å². The van der Waals surface area contributed by atoms with Crippen LogP contribution in [-0.4, -0.2) is 10.6 Å². The van der Waals surface area contributed by atoms with Gasteiger partial charge in [0.05, 0.1) is 0 Å². The second kappa shape index (κ2) is 5.73. The predicted molar refractivity (Wildman–Crippen MR) is 88.1 cm³/mol. The van der Waals surface area contributed by atoms with Gasteiger partial charge in [-0.25, -0.2) is 0 Å². The Morgan fingerprint density at radius 2 is 1.71 bits per heavy atom. The van der Waals surface area contributed by atoms with Crippen molar-refractivity contribution < 1.29 is 0 Å². The Hall–Kier alpha value is -0.860. The first kappa shape index (κ1) is 15.1. The van der Waals surface area contributed by atoms with E-state index in [0.29, 0.717) is 11.8 Å². The fraction of sp³-hybridized carbons (Fsp3) is 0.684. The number of nitrogens with zero attached hydrogens (tertiary/aromatic N) is 1. The van der Waals surface area contributed by atoms with Crippen LogP contribution in [0, 0.1) is 11.1 Å². The number of fused-ring (bicyclic) bond motifs is 1. The van der Waals surface area contributed by atoms with Gasteiger partial charge in [-0.1, -0.05) is 64.3 Å². The minimum Gasteiger partial charge on any atom is -0.784 e. The van der Waals surface area contributed by atoms with Crippen molar-refractivity contribution in [2.24, 2.45) is 5.92 Å². The molecule has 0 radical (unpaired) electrons. The number of hydrogen-bond acceptors (Lipinski definition) is 2. The highest BCUT2D eigenvalue weighted by atomic mass is 16.5. The summed E-state index contributed by atoms with van der Waals surface area (Å²) in [6.45, 7) is 6.70. The summed E-state index contributed by atoms with van der Waals surface area (Å²) >= 11 is 0. The topological polar surface area (TPSA) is 26.3 Å². The zero-order chi connectivity index (χ0) is 15.0. The molecule has 1 fully saturated rings. The third-order valence-electron chi connectivity index (χ3n) is 5.67. The van der Waals surface area contributed by atoms with E-state index in [1.54, 1.807) is 0 Å². The van der Waals surface area contributed by atoms with E-state index >= 15 is 0 Å². The fourth-order valence-corrected chi connectivity index (χ4v) is 4.68. The number of hydrogen-bond donors (Lipinski definition) is 0. The zero-order valence-electron chi connectivity index (χ0n) is 13.6. The molecule has 2 heteroatoms. The summed E-state index contributed by atoms with van der Waals surface area (Å²) in [5, 5.41) is 14.9. The maximum atomic E-state index is 13.4. The summed E-state index contributed by atoms with van der Waals surface area (Å²) in [7, 11) is 0. The molecule has 2 aliphatic rings. The highest BCUT2D eigenvalue weighted by Gasteiger charge is 2.41. The number of rotatable bonds is 1. The average Bonchev–Trinajstić information content (AvgIpc) is 2.55. The standard InChI is InChI=1S/C19H28NO/c1-14(2)18-17-10-6-5-9-16(17)15(3)13-19(20(18)21)11-7-4-8-12-19/h5-6,9-10,14-15,18H,4,7-8,11-13H2,1-3H3/q-1/t15-,18?/m0/s1. The van der Waals surface area contributed by atoms with E-state index in [2.05, 4.69) is 45.0 Å². The quantitative estimate of drug-likeness (QED) is 0.691. The van der Waals surface area contributed by atoms with E-state index in [1.807, 2.05) is 0 Å². The van der Waals surface area contributed by atoms with Crippen molar-refractivity contribution in [3.63, 3.8) is 0 Å². The monoisotopic (exact) mass is 286 g/mol. The predicted octanol–water partition coefficient (Wildman–Crippen LogP) is 5.39. The van der Waals surface area contributed by atoms with Crippen molar-refractivity contribution in [3.05, 3.63) is 40.6 Å². The molecule has 116 valence electrons. The summed E-state index contributed by atoms with van der Waals surface area (Å²) in [5.74, 6) is 0.840. The molecule has 1 aromatic carbocycles. The van der Waals surface area contributed by atoms with Crippen LogP contribution in [0.3, 0.4) is 0 Å². The summed E-state index contributed by atoms with van der Waals surface area (Å²) < 4.78 is 0. The third-order valence-corrected chi connectivity index (χ3v) is 5.67. The molecular weight excluding hydrogens is 258 g/mol. The van der Waals surface area contributed by atoms with Crippen LogP contribution in [-0.2, 0) is 0 Å². The second-order valence-corrected chi connectivity index (χ2v) is 7.53. The lowest BCUT2D eigenvalue weighted by Gasteiger charge is -2.55. The first-order chi connectivity index (χ1) is 10.1. The van der Waals surface area contributed by atoms with Crippen molar-refractivity contribution in [2.75, 3.05) is 0 Å². The van der Waals surface area contributed by atoms with Gasteiger partial charge in [-0.15, -0.1) is 0 Å².